The standard InChI is InChI=1S/C19H25NO4S/c1-13-7-9-15(10-8-13)25(22,23)19(5,6)17(21)12-14-11-16(20-24-14)18(2,3)4/h7-11H,12H2,1-6H3. The second-order valence-electron chi connectivity index (χ2n) is 7.86. The molecule has 0 radical (unpaired) electrons. The zero-order valence-corrected chi connectivity index (χ0v) is 16.4. The maximum absolute atomic E-state index is 12.9. The van der Waals surface area contributed by atoms with Crippen LogP contribution in [0.3, 0.4) is 0 Å². The van der Waals surface area contributed by atoms with Crippen LogP contribution in [0.1, 0.15) is 51.6 Å². The van der Waals surface area contributed by atoms with Crippen molar-refractivity contribution in [2.45, 2.75) is 63.0 Å². The number of ketones is 1. The average molecular weight is 363 g/mol. The number of nitrogens with zero attached hydrogens (tertiary/aromatic N) is 1. The summed E-state index contributed by atoms with van der Waals surface area (Å²) in [6, 6.07) is 8.23. The van der Waals surface area contributed by atoms with Gasteiger partial charge in [-0.25, -0.2) is 8.42 Å². The highest BCUT2D eigenvalue weighted by Crippen LogP contribution is 2.29. The largest absolute Gasteiger partial charge is 0.361 e. The number of carbonyl (C=O) groups is 1. The summed E-state index contributed by atoms with van der Waals surface area (Å²) in [4.78, 5) is 12.9. The summed E-state index contributed by atoms with van der Waals surface area (Å²) in [5.74, 6) is -0.0493. The molecule has 1 aromatic carbocycles. The predicted octanol–water partition coefficient (Wildman–Crippen LogP) is 3.64. The summed E-state index contributed by atoms with van der Waals surface area (Å²) >= 11 is 0. The van der Waals surface area contributed by atoms with E-state index in [4.69, 9.17) is 4.52 Å². The van der Waals surface area contributed by atoms with Crippen molar-refractivity contribution in [3.63, 3.8) is 0 Å². The van der Waals surface area contributed by atoms with Crippen LogP contribution in [0.25, 0.3) is 0 Å². The molecule has 5 nitrogen and oxygen atoms in total. The molecule has 136 valence electrons. The number of benzene rings is 1. The Hall–Kier alpha value is -1.95. The van der Waals surface area contributed by atoms with Crippen LogP contribution in [0.15, 0.2) is 39.8 Å². The molecule has 2 aromatic rings. The molecule has 1 aromatic heterocycles. The van der Waals surface area contributed by atoms with Gasteiger partial charge in [-0.05, 0) is 32.9 Å². The molecule has 0 saturated carbocycles. The van der Waals surface area contributed by atoms with Gasteiger partial charge in [-0.15, -0.1) is 0 Å². The molecule has 0 saturated heterocycles. The number of rotatable bonds is 5. The van der Waals surface area contributed by atoms with Gasteiger partial charge in [0.25, 0.3) is 0 Å². The number of sulfone groups is 1. The second-order valence-corrected chi connectivity index (χ2v) is 10.4. The van der Waals surface area contributed by atoms with E-state index in [0.29, 0.717) is 5.76 Å². The maximum atomic E-state index is 12.9. The monoisotopic (exact) mass is 363 g/mol. The Balaban J connectivity index is 2.27. The molecule has 0 unspecified atom stereocenters. The minimum Gasteiger partial charge on any atom is -0.361 e. The molecule has 0 amide bonds. The SMILES string of the molecule is Cc1ccc(S(=O)(=O)C(C)(C)C(=O)Cc2cc(C(C)(C)C)no2)cc1. The Morgan fingerprint density at radius 1 is 1.08 bits per heavy atom. The van der Waals surface area contributed by atoms with Crippen LogP contribution < -0.4 is 0 Å². The van der Waals surface area contributed by atoms with Crippen molar-refractivity contribution in [3.8, 4) is 0 Å². The first-order chi connectivity index (χ1) is 11.4. The Bertz CT molecular complexity index is 869. The molecule has 6 heteroatoms. The van der Waals surface area contributed by atoms with Gasteiger partial charge in [0.2, 0.25) is 0 Å². The third-order valence-electron chi connectivity index (χ3n) is 4.34. The fourth-order valence-electron chi connectivity index (χ4n) is 2.28. The highest BCUT2D eigenvalue weighted by atomic mass is 32.2. The number of aromatic nitrogens is 1. The van der Waals surface area contributed by atoms with Gasteiger partial charge in [-0.2, -0.15) is 0 Å². The van der Waals surface area contributed by atoms with Crippen molar-refractivity contribution >= 4 is 15.6 Å². The third kappa shape index (κ3) is 3.84. The van der Waals surface area contributed by atoms with E-state index in [2.05, 4.69) is 5.16 Å². The number of carbonyl (C=O) groups excluding carboxylic acids is 1. The topological polar surface area (TPSA) is 77.2 Å². The predicted molar refractivity (Wildman–Crippen MR) is 96.4 cm³/mol. The van der Waals surface area contributed by atoms with Crippen molar-refractivity contribution in [3.05, 3.63) is 47.3 Å². The molecule has 0 fully saturated rings. The smallest absolute Gasteiger partial charge is 0.190 e. The minimum atomic E-state index is -3.81. The van der Waals surface area contributed by atoms with Gasteiger partial charge < -0.3 is 4.52 Å². The van der Waals surface area contributed by atoms with Crippen LogP contribution >= 0.6 is 0 Å². The first-order valence-electron chi connectivity index (χ1n) is 8.16. The summed E-state index contributed by atoms with van der Waals surface area (Å²) in [5, 5.41) is 3.98. The Labute approximate surface area is 149 Å². The summed E-state index contributed by atoms with van der Waals surface area (Å²) in [7, 11) is -3.81. The van der Waals surface area contributed by atoms with Crippen LogP contribution in [0.2, 0.25) is 0 Å². The summed E-state index contributed by atoms with van der Waals surface area (Å²) in [5.41, 5.74) is 1.49. The quantitative estimate of drug-likeness (QED) is 0.810. The Kier molecular flexibility index (Phi) is 4.97. The molecule has 25 heavy (non-hydrogen) atoms. The maximum Gasteiger partial charge on any atom is 0.190 e. The summed E-state index contributed by atoms with van der Waals surface area (Å²) < 4.78 is 29.5. The van der Waals surface area contributed by atoms with E-state index in [-0.39, 0.29) is 16.7 Å². The first-order valence-corrected chi connectivity index (χ1v) is 9.64. The lowest BCUT2D eigenvalue weighted by molar-refractivity contribution is -0.120. The van der Waals surface area contributed by atoms with Crippen LogP contribution in [0.5, 0.6) is 0 Å². The van der Waals surface area contributed by atoms with Crippen LogP contribution in [-0.4, -0.2) is 24.1 Å². The molecule has 0 bridgehead atoms. The molecule has 2 rings (SSSR count). The molecule has 1 heterocycles. The molecule has 0 spiro atoms. The number of aryl methyl sites for hydroxylation is 1. The van der Waals surface area contributed by atoms with E-state index >= 15 is 0 Å². The number of hydrogen-bond acceptors (Lipinski definition) is 5. The normalized spacial score (nSPS) is 13.0. The van der Waals surface area contributed by atoms with Gasteiger partial charge in [-0.1, -0.05) is 43.6 Å². The van der Waals surface area contributed by atoms with Gasteiger partial charge in [-0.3, -0.25) is 4.79 Å². The molecular formula is C19H25NO4S. The zero-order valence-electron chi connectivity index (χ0n) is 15.6. The molecule has 0 atom stereocenters. The van der Waals surface area contributed by atoms with Crippen LogP contribution in [0, 0.1) is 6.92 Å². The molecule has 0 aliphatic rings. The zero-order chi connectivity index (χ0) is 19.0. The molecule has 0 aliphatic carbocycles. The molecule has 0 aliphatic heterocycles. The van der Waals surface area contributed by atoms with Crippen molar-refractivity contribution in [2.24, 2.45) is 0 Å². The van der Waals surface area contributed by atoms with E-state index in [9.17, 15) is 13.2 Å². The van der Waals surface area contributed by atoms with E-state index in [1.165, 1.54) is 26.0 Å². The van der Waals surface area contributed by atoms with Crippen LogP contribution in [-0.2, 0) is 26.5 Å². The van der Waals surface area contributed by atoms with Gasteiger partial charge in [0.15, 0.2) is 15.6 Å². The number of Topliss-reactive ketones (excluding diaryl/α,β-unsaturated/α-hetero) is 1. The van der Waals surface area contributed by atoms with E-state index in [1.807, 2.05) is 27.7 Å². The lowest BCUT2D eigenvalue weighted by Gasteiger charge is -2.23. The summed E-state index contributed by atoms with van der Waals surface area (Å²) in [6.07, 6.45) is -0.110. The fraction of sp³-hybridized carbons (Fsp3) is 0.474. The minimum absolute atomic E-state index is 0.110. The summed E-state index contributed by atoms with van der Waals surface area (Å²) in [6.45, 7) is 10.7. The first kappa shape index (κ1) is 19.4. The van der Waals surface area contributed by atoms with Crippen molar-refractivity contribution in [2.75, 3.05) is 0 Å². The lowest BCUT2D eigenvalue weighted by atomic mass is 9.92. The van der Waals surface area contributed by atoms with E-state index in [0.717, 1.165) is 11.3 Å². The fourth-order valence-corrected chi connectivity index (χ4v) is 3.74. The highest BCUT2D eigenvalue weighted by Gasteiger charge is 2.42. The second kappa shape index (κ2) is 6.41. The molecular weight excluding hydrogens is 338 g/mol. The van der Waals surface area contributed by atoms with Crippen molar-refractivity contribution in [1.29, 1.82) is 0 Å². The van der Waals surface area contributed by atoms with Crippen LogP contribution in [0.4, 0.5) is 0 Å². The third-order valence-corrected chi connectivity index (χ3v) is 6.80. The lowest BCUT2D eigenvalue weighted by Crippen LogP contribution is -2.41. The number of hydrogen-bond donors (Lipinski definition) is 0. The van der Waals surface area contributed by atoms with E-state index in [1.54, 1.807) is 18.2 Å². The highest BCUT2D eigenvalue weighted by molar-refractivity contribution is 7.93. The van der Waals surface area contributed by atoms with Gasteiger partial charge in [0.05, 0.1) is 17.0 Å². The Morgan fingerprint density at radius 3 is 2.12 bits per heavy atom. The van der Waals surface area contributed by atoms with Gasteiger partial charge in [0.1, 0.15) is 10.5 Å². The van der Waals surface area contributed by atoms with Gasteiger partial charge >= 0.3 is 0 Å². The average Bonchev–Trinajstić information content (AvgIpc) is 2.96. The van der Waals surface area contributed by atoms with Gasteiger partial charge in [0, 0.05) is 11.5 Å². The van der Waals surface area contributed by atoms with E-state index < -0.39 is 20.4 Å². The molecule has 0 N–H and O–H groups in total. The van der Waals surface area contributed by atoms with Crippen molar-refractivity contribution in [1.82, 2.24) is 5.16 Å². The van der Waals surface area contributed by atoms with Crippen molar-refractivity contribution < 1.29 is 17.7 Å². The Morgan fingerprint density at radius 2 is 1.64 bits per heavy atom.